The molecular formula is C15H15N3O2. The van der Waals surface area contributed by atoms with Crippen molar-refractivity contribution >= 4 is 11.6 Å². The summed E-state index contributed by atoms with van der Waals surface area (Å²) in [6, 6.07) is 9.27. The first-order valence-corrected chi connectivity index (χ1v) is 6.38. The molecule has 1 N–H and O–H groups in total. The van der Waals surface area contributed by atoms with Crippen molar-refractivity contribution in [1.29, 1.82) is 5.26 Å². The maximum absolute atomic E-state index is 12.2. The van der Waals surface area contributed by atoms with Crippen LogP contribution in [-0.2, 0) is 12.8 Å². The number of rotatable bonds is 4. The molecule has 102 valence electrons. The maximum atomic E-state index is 12.2. The maximum Gasteiger partial charge on any atom is 0.261 e. The van der Waals surface area contributed by atoms with Crippen LogP contribution < -0.4 is 5.32 Å². The summed E-state index contributed by atoms with van der Waals surface area (Å²) in [7, 11) is 0. The highest BCUT2D eigenvalue weighted by Gasteiger charge is 2.19. The lowest BCUT2D eigenvalue weighted by Crippen LogP contribution is -2.14. The molecule has 0 aliphatic heterocycles. The van der Waals surface area contributed by atoms with Crippen LogP contribution in [-0.4, -0.2) is 11.1 Å². The highest BCUT2D eigenvalue weighted by Crippen LogP contribution is 2.17. The fourth-order valence-corrected chi connectivity index (χ4v) is 1.94. The Kier molecular flexibility index (Phi) is 4.16. The van der Waals surface area contributed by atoms with E-state index in [9.17, 15) is 4.79 Å². The molecule has 1 heterocycles. The first-order chi connectivity index (χ1) is 9.65. The van der Waals surface area contributed by atoms with E-state index >= 15 is 0 Å². The van der Waals surface area contributed by atoms with Gasteiger partial charge in [-0.25, -0.2) is 0 Å². The zero-order valence-electron chi connectivity index (χ0n) is 11.4. The van der Waals surface area contributed by atoms with Crippen molar-refractivity contribution in [1.82, 2.24) is 5.16 Å². The molecule has 0 aliphatic carbocycles. The topological polar surface area (TPSA) is 78.9 Å². The van der Waals surface area contributed by atoms with E-state index in [4.69, 9.17) is 9.78 Å². The lowest BCUT2D eigenvalue weighted by molar-refractivity contribution is 0.102. The van der Waals surface area contributed by atoms with Crippen molar-refractivity contribution in [3.8, 4) is 6.07 Å². The van der Waals surface area contributed by atoms with Crippen molar-refractivity contribution in [3.63, 3.8) is 0 Å². The molecule has 1 aromatic carbocycles. The molecule has 1 aromatic heterocycles. The zero-order valence-corrected chi connectivity index (χ0v) is 11.4. The summed E-state index contributed by atoms with van der Waals surface area (Å²) in [5, 5.41) is 15.3. The number of aryl methyl sites for hydroxylation is 2. The second-order valence-corrected chi connectivity index (χ2v) is 4.40. The van der Waals surface area contributed by atoms with Crippen LogP contribution in [0.15, 0.2) is 28.8 Å². The van der Waals surface area contributed by atoms with Gasteiger partial charge in [-0.15, -0.1) is 0 Å². The van der Waals surface area contributed by atoms with Gasteiger partial charge in [0.2, 0.25) is 0 Å². The molecule has 0 bridgehead atoms. The third-order valence-electron chi connectivity index (χ3n) is 2.99. The minimum absolute atomic E-state index is 0.228. The van der Waals surface area contributed by atoms with E-state index in [1.54, 1.807) is 19.1 Å². The van der Waals surface area contributed by atoms with Crippen LogP contribution >= 0.6 is 0 Å². The lowest BCUT2D eigenvalue weighted by Gasteiger charge is -2.05. The van der Waals surface area contributed by atoms with E-state index in [-0.39, 0.29) is 5.91 Å². The third kappa shape index (κ3) is 2.86. The normalized spacial score (nSPS) is 10.1. The summed E-state index contributed by atoms with van der Waals surface area (Å²) in [6.45, 7) is 3.64. The molecular weight excluding hydrogens is 254 g/mol. The van der Waals surface area contributed by atoms with Crippen LogP contribution in [0.1, 0.15) is 34.3 Å². The molecule has 2 rings (SSSR count). The summed E-state index contributed by atoms with van der Waals surface area (Å²) in [6.07, 6.45) is 1.00. The molecule has 0 unspecified atom stereocenters. The van der Waals surface area contributed by atoms with Gasteiger partial charge in [0.15, 0.2) is 0 Å². The fourth-order valence-electron chi connectivity index (χ4n) is 1.94. The van der Waals surface area contributed by atoms with E-state index in [1.807, 2.05) is 19.1 Å². The van der Waals surface area contributed by atoms with Crippen molar-refractivity contribution in [3.05, 3.63) is 46.8 Å². The van der Waals surface area contributed by atoms with Crippen molar-refractivity contribution < 1.29 is 9.32 Å². The number of nitriles is 1. The van der Waals surface area contributed by atoms with Gasteiger partial charge in [-0.2, -0.15) is 5.26 Å². The van der Waals surface area contributed by atoms with Crippen LogP contribution in [0.5, 0.6) is 0 Å². The van der Waals surface area contributed by atoms with Crippen LogP contribution in [0.3, 0.4) is 0 Å². The average molecular weight is 269 g/mol. The Labute approximate surface area is 117 Å². The van der Waals surface area contributed by atoms with E-state index in [0.29, 0.717) is 35.5 Å². The number of aromatic nitrogens is 1. The third-order valence-corrected chi connectivity index (χ3v) is 2.99. The van der Waals surface area contributed by atoms with Gasteiger partial charge in [0, 0.05) is 5.69 Å². The number of carbonyl (C=O) groups is 1. The first kappa shape index (κ1) is 13.8. The predicted molar refractivity (Wildman–Crippen MR) is 74.3 cm³/mol. The summed E-state index contributed by atoms with van der Waals surface area (Å²) in [4.78, 5) is 12.2. The van der Waals surface area contributed by atoms with Crippen LogP contribution in [0.2, 0.25) is 0 Å². The molecule has 0 spiro atoms. The second-order valence-electron chi connectivity index (χ2n) is 4.40. The Bertz CT molecular complexity index is 651. The van der Waals surface area contributed by atoms with Crippen molar-refractivity contribution in [2.24, 2.45) is 0 Å². The number of hydrogen-bond donors (Lipinski definition) is 1. The molecule has 20 heavy (non-hydrogen) atoms. The highest BCUT2D eigenvalue weighted by atomic mass is 16.5. The van der Waals surface area contributed by atoms with Gasteiger partial charge in [-0.1, -0.05) is 24.2 Å². The number of nitrogens with one attached hydrogen (secondary N) is 1. The summed E-state index contributed by atoms with van der Waals surface area (Å²) >= 11 is 0. The zero-order chi connectivity index (χ0) is 14.5. The minimum Gasteiger partial charge on any atom is -0.361 e. The first-order valence-electron chi connectivity index (χ1n) is 6.38. The van der Waals surface area contributed by atoms with Crippen LogP contribution in [0.25, 0.3) is 0 Å². The van der Waals surface area contributed by atoms with Crippen molar-refractivity contribution in [2.75, 3.05) is 5.32 Å². The predicted octanol–water partition coefficient (Wildman–Crippen LogP) is 2.86. The molecule has 0 atom stereocenters. The fraction of sp³-hybridized carbons (Fsp3) is 0.267. The second kappa shape index (κ2) is 6.02. The molecule has 0 aliphatic rings. The van der Waals surface area contributed by atoms with Gasteiger partial charge >= 0.3 is 0 Å². The Hall–Kier alpha value is -2.61. The molecule has 2 aromatic rings. The molecule has 5 heteroatoms. The number of nitrogens with zero attached hydrogens (tertiary/aromatic N) is 2. The van der Waals surface area contributed by atoms with E-state index < -0.39 is 0 Å². The minimum atomic E-state index is -0.228. The van der Waals surface area contributed by atoms with E-state index in [0.717, 1.165) is 5.56 Å². The summed E-state index contributed by atoms with van der Waals surface area (Å²) < 4.78 is 5.05. The standard InChI is InChI=1S/C15H15N3O2/c1-3-13-14(10(2)20-18-13)15(19)17-12-6-4-11(5-7-12)8-9-16/h4-7H,3,8H2,1-2H3,(H,17,19). The molecule has 0 radical (unpaired) electrons. The Morgan fingerprint density at radius 1 is 1.40 bits per heavy atom. The Morgan fingerprint density at radius 3 is 2.70 bits per heavy atom. The number of carbonyl (C=O) groups excluding carboxylic acids is 1. The molecule has 5 nitrogen and oxygen atoms in total. The van der Waals surface area contributed by atoms with Gasteiger partial charge in [0.1, 0.15) is 11.3 Å². The number of amides is 1. The summed E-state index contributed by atoms with van der Waals surface area (Å²) in [5.41, 5.74) is 2.75. The van der Waals surface area contributed by atoms with Gasteiger partial charge in [-0.3, -0.25) is 4.79 Å². The van der Waals surface area contributed by atoms with E-state index in [1.165, 1.54) is 0 Å². The number of benzene rings is 1. The number of hydrogen-bond acceptors (Lipinski definition) is 4. The Balaban J connectivity index is 2.15. The van der Waals surface area contributed by atoms with Gasteiger partial charge in [0.05, 0.1) is 18.2 Å². The molecule has 1 amide bonds. The quantitative estimate of drug-likeness (QED) is 0.925. The van der Waals surface area contributed by atoms with Crippen molar-refractivity contribution in [2.45, 2.75) is 26.7 Å². The monoisotopic (exact) mass is 269 g/mol. The number of anilines is 1. The smallest absolute Gasteiger partial charge is 0.261 e. The Morgan fingerprint density at radius 2 is 2.10 bits per heavy atom. The van der Waals surface area contributed by atoms with Gasteiger partial charge in [-0.05, 0) is 31.0 Å². The van der Waals surface area contributed by atoms with E-state index in [2.05, 4.69) is 16.5 Å². The largest absolute Gasteiger partial charge is 0.361 e. The average Bonchev–Trinajstić information content (AvgIpc) is 2.82. The van der Waals surface area contributed by atoms with Crippen LogP contribution in [0, 0.1) is 18.3 Å². The SMILES string of the molecule is CCc1noc(C)c1C(=O)Nc1ccc(CC#N)cc1. The lowest BCUT2D eigenvalue weighted by atomic mass is 10.1. The molecule has 0 saturated heterocycles. The molecule has 0 saturated carbocycles. The molecule has 0 fully saturated rings. The summed E-state index contributed by atoms with van der Waals surface area (Å²) in [5.74, 6) is 0.286. The highest BCUT2D eigenvalue weighted by molar-refractivity contribution is 6.05. The van der Waals surface area contributed by atoms with Crippen LogP contribution in [0.4, 0.5) is 5.69 Å². The van der Waals surface area contributed by atoms with Gasteiger partial charge in [0.25, 0.3) is 5.91 Å². The van der Waals surface area contributed by atoms with Gasteiger partial charge < -0.3 is 9.84 Å².